The Kier molecular flexibility index (Phi) is 7.58. The first-order valence-electron chi connectivity index (χ1n) is 9.37. The summed E-state index contributed by atoms with van der Waals surface area (Å²) < 4.78 is 1.95. The molecule has 0 fully saturated rings. The van der Waals surface area contributed by atoms with E-state index in [0.717, 1.165) is 16.3 Å². The molecule has 1 heterocycles. The van der Waals surface area contributed by atoms with Gasteiger partial charge in [-0.2, -0.15) is 0 Å². The van der Waals surface area contributed by atoms with E-state index in [2.05, 4.69) is 22.1 Å². The summed E-state index contributed by atoms with van der Waals surface area (Å²) in [6.07, 6.45) is 1.78. The zero-order chi connectivity index (χ0) is 21.7. The van der Waals surface area contributed by atoms with Crippen molar-refractivity contribution in [1.29, 1.82) is 0 Å². The van der Waals surface area contributed by atoms with Crippen molar-refractivity contribution in [2.24, 2.45) is 0 Å². The Morgan fingerprint density at radius 3 is 2.77 bits per heavy atom. The van der Waals surface area contributed by atoms with E-state index in [1.807, 2.05) is 48.7 Å². The molecule has 156 valence electrons. The molecule has 0 bridgehead atoms. The molecular formula is C22H22Cl2N4OS. The van der Waals surface area contributed by atoms with Crippen LogP contribution >= 0.6 is 35.0 Å². The molecule has 0 radical (unpaired) electrons. The second-order valence-electron chi connectivity index (χ2n) is 6.83. The number of nitrogens with zero attached hydrogens (tertiary/aromatic N) is 3. The molecule has 0 aliphatic heterocycles. The molecule has 1 amide bonds. The average Bonchev–Trinajstić information content (AvgIpc) is 3.10. The maximum absolute atomic E-state index is 12.6. The zero-order valence-electron chi connectivity index (χ0n) is 16.7. The van der Waals surface area contributed by atoms with Crippen LogP contribution in [-0.2, 0) is 12.3 Å². The predicted molar refractivity (Wildman–Crippen MR) is 123 cm³/mol. The van der Waals surface area contributed by atoms with Crippen molar-refractivity contribution < 1.29 is 4.79 Å². The van der Waals surface area contributed by atoms with Crippen LogP contribution in [0.3, 0.4) is 0 Å². The van der Waals surface area contributed by atoms with Crippen LogP contribution in [-0.4, -0.2) is 20.7 Å². The van der Waals surface area contributed by atoms with E-state index in [4.69, 9.17) is 23.2 Å². The third-order valence-electron chi connectivity index (χ3n) is 4.44. The van der Waals surface area contributed by atoms with Gasteiger partial charge in [0.1, 0.15) is 0 Å². The molecule has 0 aliphatic rings. The Morgan fingerprint density at radius 2 is 2.07 bits per heavy atom. The van der Waals surface area contributed by atoms with Gasteiger partial charge in [0.25, 0.3) is 5.91 Å². The fraction of sp³-hybridized carbons (Fsp3) is 0.227. The van der Waals surface area contributed by atoms with Gasteiger partial charge in [-0.1, -0.05) is 64.8 Å². The Morgan fingerprint density at radius 1 is 1.27 bits per heavy atom. The molecule has 0 saturated heterocycles. The van der Waals surface area contributed by atoms with Crippen molar-refractivity contribution in [2.75, 3.05) is 0 Å². The van der Waals surface area contributed by atoms with Gasteiger partial charge < -0.3 is 9.88 Å². The minimum absolute atomic E-state index is 0.151. The second kappa shape index (κ2) is 10.2. The van der Waals surface area contributed by atoms with Gasteiger partial charge >= 0.3 is 0 Å². The zero-order valence-corrected chi connectivity index (χ0v) is 19.1. The molecule has 0 aliphatic carbocycles. The molecule has 3 aromatic rings. The Labute approximate surface area is 190 Å². The Balaban J connectivity index is 1.75. The van der Waals surface area contributed by atoms with Crippen molar-refractivity contribution in [3.05, 3.63) is 87.7 Å². The molecule has 1 atom stereocenters. The molecular weight excluding hydrogens is 439 g/mol. The number of allylic oxidation sites excluding steroid dienone is 1. The third kappa shape index (κ3) is 5.45. The van der Waals surface area contributed by atoms with Crippen molar-refractivity contribution in [3.63, 3.8) is 0 Å². The van der Waals surface area contributed by atoms with Gasteiger partial charge in [0.2, 0.25) is 0 Å². The van der Waals surface area contributed by atoms with Gasteiger partial charge in [0.15, 0.2) is 11.0 Å². The maximum Gasteiger partial charge on any atom is 0.251 e. The lowest BCUT2D eigenvalue weighted by molar-refractivity contribution is 0.0937. The quantitative estimate of drug-likeness (QED) is 0.337. The van der Waals surface area contributed by atoms with Crippen LogP contribution in [0.5, 0.6) is 0 Å². The van der Waals surface area contributed by atoms with Crippen molar-refractivity contribution in [1.82, 2.24) is 20.1 Å². The van der Waals surface area contributed by atoms with Crippen LogP contribution in [0, 0.1) is 6.92 Å². The van der Waals surface area contributed by atoms with Crippen LogP contribution < -0.4 is 5.32 Å². The highest BCUT2D eigenvalue weighted by molar-refractivity contribution is 7.98. The molecule has 8 heteroatoms. The number of aromatic nitrogens is 3. The van der Waals surface area contributed by atoms with E-state index in [1.165, 1.54) is 11.8 Å². The molecule has 5 nitrogen and oxygen atoms in total. The first kappa shape index (κ1) is 22.4. The van der Waals surface area contributed by atoms with Crippen molar-refractivity contribution >= 4 is 40.9 Å². The lowest BCUT2D eigenvalue weighted by Gasteiger charge is -2.15. The van der Waals surface area contributed by atoms with E-state index in [1.54, 1.807) is 18.2 Å². The number of carbonyl (C=O) groups is 1. The van der Waals surface area contributed by atoms with Crippen LogP contribution in [0.2, 0.25) is 10.0 Å². The maximum atomic E-state index is 12.6. The summed E-state index contributed by atoms with van der Waals surface area (Å²) in [5, 5.41) is 13.6. The number of carbonyl (C=O) groups excluding carboxylic acids is 1. The van der Waals surface area contributed by atoms with E-state index in [0.29, 0.717) is 33.7 Å². The average molecular weight is 461 g/mol. The van der Waals surface area contributed by atoms with Crippen LogP contribution in [0.15, 0.2) is 60.3 Å². The van der Waals surface area contributed by atoms with Crippen molar-refractivity contribution in [3.8, 4) is 0 Å². The summed E-state index contributed by atoms with van der Waals surface area (Å²) in [6.45, 7) is 8.21. The van der Waals surface area contributed by atoms with Gasteiger partial charge in [0.05, 0.1) is 6.04 Å². The minimum atomic E-state index is -0.320. The third-order valence-corrected chi connectivity index (χ3v) is 6.05. The summed E-state index contributed by atoms with van der Waals surface area (Å²) in [5.74, 6) is 1.14. The highest BCUT2D eigenvalue weighted by atomic mass is 35.5. The molecule has 30 heavy (non-hydrogen) atoms. The first-order valence-corrected chi connectivity index (χ1v) is 11.1. The smallest absolute Gasteiger partial charge is 0.251 e. The van der Waals surface area contributed by atoms with Gasteiger partial charge in [-0.15, -0.1) is 16.8 Å². The predicted octanol–water partition coefficient (Wildman–Crippen LogP) is 5.86. The monoisotopic (exact) mass is 460 g/mol. The molecule has 2 aromatic carbocycles. The summed E-state index contributed by atoms with van der Waals surface area (Å²) in [6, 6.07) is 12.6. The fourth-order valence-corrected chi connectivity index (χ4v) is 4.45. The number of rotatable bonds is 8. The van der Waals surface area contributed by atoms with Gasteiger partial charge in [-0.05, 0) is 43.7 Å². The normalized spacial score (nSPS) is 11.9. The molecule has 0 saturated carbocycles. The lowest BCUT2D eigenvalue weighted by atomic mass is 10.1. The summed E-state index contributed by atoms with van der Waals surface area (Å²) in [7, 11) is 0. The van der Waals surface area contributed by atoms with Crippen LogP contribution in [0.4, 0.5) is 0 Å². The topological polar surface area (TPSA) is 59.8 Å². The number of hydrogen-bond acceptors (Lipinski definition) is 4. The summed E-state index contributed by atoms with van der Waals surface area (Å²) >= 11 is 13.8. The number of aryl methyl sites for hydroxylation is 1. The van der Waals surface area contributed by atoms with Crippen LogP contribution in [0.1, 0.15) is 40.3 Å². The molecule has 1 aromatic heterocycles. The van der Waals surface area contributed by atoms with E-state index < -0.39 is 0 Å². The highest BCUT2D eigenvalue weighted by Crippen LogP contribution is 2.29. The number of nitrogens with one attached hydrogen (secondary N) is 1. The van der Waals surface area contributed by atoms with Gasteiger partial charge in [0, 0.05) is 27.9 Å². The number of hydrogen-bond donors (Lipinski definition) is 1. The van der Waals surface area contributed by atoms with Gasteiger partial charge in [-0.3, -0.25) is 4.79 Å². The number of amides is 1. The highest BCUT2D eigenvalue weighted by Gasteiger charge is 2.20. The fourth-order valence-electron chi connectivity index (χ4n) is 2.94. The summed E-state index contributed by atoms with van der Waals surface area (Å²) in [5.41, 5.74) is 2.61. The lowest BCUT2D eigenvalue weighted by Crippen LogP contribution is -2.28. The standard InChI is InChI=1S/C22H22Cl2N4OS/c1-4-10-28-20(15(3)25-21(29)16-7-5-6-14(2)11-16)26-27-22(28)30-13-17-8-9-18(23)12-19(17)24/h4-9,11-12,15H,1,10,13H2,2-3H3,(H,25,29)/t15-/m0/s1. The Hall–Kier alpha value is -2.28. The molecule has 0 spiro atoms. The number of benzene rings is 2. The Bertz CT molecular complexity index is 1070. The van der Waals surface area contributed by atoms with E-state index >= 15 is 0 Å². The molecule has 3 rings (SSSR count). The minimum Gasteiger partial charge on any atom is -0.342 e. The number of thioether (sulfide) groups is 1. The summed E-state index contributed by atoms with van der Waals surface area (Å²) in [4.78, 5) is 12.6. The largest absolute Gasteiger partial charge is 0.342 e. The van der Waals surface area contributed by atoms with E-state index in [-0.39, 0.29) is 11.9 Å². The first-order chi connectivity index (χ1) is 14.4. The van der Waals surface area contributed by atoms with Crippen molar-refractivity contribution in [2.45, 2.75) is 37.3 Å². The van der Waals surface area contributed by atoms with E-state index in [9.17, 15) is 4.79 Å². The molecule has 1 N–H and O–H groups in total. The van der Waals surface area contributed by atoms with Gasteiger partial charge in [-0.25, -0.2) is 0 Å². The SMILES string of the molecule is C=CCn1c(SCc2ccc(Cl)cc2Cl)nnc1[C@H](C)NC(=O)c1cccc(C)c1. The second-order valence-corrected chi connectivity index (χ2v) is 8.62. The van der Waals surface area contributed by atoms with Crippen LogP contribution in [0.25, 0.3) is 0 Å². The number of halogens is 2. The molecule has 0 unspecified atom stereocenters.